The molecule has 0 saturated carbocycles. The number of nitrogens with zero attached hydrogens (tertiary/aromatic N) is 2. The minimum absolute atomic E-state index is 0.00780. The normalized spacial score (nSPS) is 19.6. The van der Waals surface area contributed by atoms with E-state index in [1.807, 2.05) is 37.3 Å². The molecule has 1 amide bonds. The lowest BCUT2D eigenvalue weighted by molar-refractivity contribution is 0.0948. The third-order valence-corrected chi connectivity index (χ3v) is 5.97. The van der Waals surface area contributed by atoms with E-state index in [1.54, 1.807) is 10.9 Å². The zero-order valence-corrected chi connectivity index (χ0v) is 13.7. The van der Waals surface area contributed by atoms with Crippen LogP contribution in [0.2, 0.25) is 0 Å². The summed E-state index contributed by atoms with van der Waals surface area (Å²) in [5.41, 5.74) is 2.16. The molecule has 0 radical (unpaired) electrons. The molecule has 122 valence electrons. The summed E-state index contributed by atoms with van der Waals surface area (Å²) in [6.45, 7) is 2.23. The molecule has 1 aliphatic rings. The zero-order chi connectivity index (χ0) is 16.4. The van der Waals surface area contributed by atoms with Crippen LogP contribution in [0.4, 0.5) is 0 Å². The summed E-state index contributed by atoms with van der Waals surface area (Å²) in [6, 6.07) is 9.59. The molecule has 1 N–H and O–H groups in total. The van der Waals surface area contributed by atoms with Gasteiger partial charge in [0.15, 0.2) is 9.84 Å². The van der Waals surface area contributed by atoms with E-state index in [0.717, 1.165) is 11.4 Å². The first-order valence-corrected chi connectivity index (χ1v) is 9.37. The Hall–Kier alpha value is -2.15. The minimum Gasteiger partial charge on any atom is -0.352 e. The molecule has 2 aromatic rings. The molecule has 1 saturated heterocycles. The summed E-state index contributed by atoms with van der Waals surface area (Å²) in [4.78, 5) is 12.3. The third kappa shape index (κ3) is 3.44. The Morgan fingerprint density at radius 2 is 2.09 bits per heavy atom. The quantitative estimate of drug-likeness (QED) is 0.916. The first-order valence-electron chi connectivity index (χ1n) is 7.55. The van der Waals surface area contributed by atoms with Crippen molar-refractivity contribution in [3.05, 3.63) is 47.8 Å². The molecule has 0 bridgehead atoms. The number of benzene rings is 1. The number of hydrogen-bond donors (Lipinski definition) is 1. The van der Waals surface area contributed by atoms with E-state index in [-0.39, 0.29) is 23.3 Å². The van der Waals surface area contributed by atoms with Gasteiger partial charge in [-0.3, -0.25) is 4.79 Å². The third-order valence-electron chi connectivity index (χ3n) is 4.13. The SMILES string of the molecule is Cc1c(C(=O)NC[C@H]2CCS(=O)(=O)C2)cnn1-c1ccccc1. The van der Waals surface area contributed by atoms with Crippen molar-refractivity contribution in [2.24, 2.45) is 5.92 Å². The molecule has 7 heteroatoms. The maximum atomic E-state index is 12.3. The Labute approximate surface area is 135 Å². The van der Waals surface area contributed by atoms with Gasteiger partial charge in [0.1, 0.15) is 0 Å². The van der Waals surface area contributed by atoms with Crippen LogP contribution in [0.1, 0.15) is 22.5 Å². The maximum Gasteiger partial charge on any atom is 0.254 e. The number of rotatable bonds is 4. The van der Waals surface area contributed by atoms with Gasteiger partial charge in [0.25, 0.3) is 5.91 Å². The lowest BCUT2D eigenvalue weighted by atomic mass is 10.1. The van der Waals surface area contributed by atoms with Gasteiger partial charge in [-0.05, 0) is 31.4 Å². The van der Waals surface area contributed by atoms with Crippen LogP contribution in [0, 0.1) is 12.8 Å². The van der Waals surface area contributed by atoms with Crippen LogP contribution < -0.4 is 5.32 Å². The smallest absolute Gasteiger partial charge is 0.254 e. The van der Waals surface area contributed by atoms with E-state index in [2.05, 4.69) is 10.4 Å². The summed E-state index contributed by atoms with van der Waals surface area (Å²) in [7, 11) is -2.92. The van der Waals surface area contributed by atoms with Gasteiger partial charge in [0.05, 0.1) is 34.6 Å². The number of carbonyl (C=O) groups is 1. The average Bonchev–Trinajstić information content (AvgIpc) is 3.08. The molecule has 1 aromatic heterocycles. The van der Waals surface area contributed by atoms with Crippen molar-refractivity contribution in [3.63, 3.8) is 0 Å². The summed E-state index contributed by atoms with van der Waals surface area (Å²) in [5, 5.41) is 7.10. The van der Waals surface area contributed by atoms with Crippen LogP contribution in [0.15, 0.2) is 36.5 Å². The van der Waals surface area contributed by atoms with Gasteiger partial charge >= 0.3 is 0 Å². The highest BCUT2D eigenvalue weighted by Crippen LogP contribution is 2.18. The van der Waals surface area contributed by atoms with Crippen molar-refractivity contribution in [1.29, 1.82) is 0 Å². The Morgan fingerprint density at radius 1 is 1.35 bits per heavy atom. The molecule has 23 heavy (non-hydrogen) atoms. The summed E-state index contributed by atoms with van der Waals surface area (Å²) >= 11 is 0. The summed E-state index contributed by atoms with van der Waals surface area (Å²) in [5.74, 6) is 0.177. The number of sulfone groups is 1. The van der Waals surface area contributed by atoms with E-state index in [9.17, 15) is 13.2 Å². The van der Waals surface area contributed by atoms with Crippen molar-refractivity contribution in [2.75, 3.05) is 18.1 Å². The van der Waals surface area contributed by atoms with E-state index in [0.29, 0.717) is 18.5 Å². The van der Waals surface area contributed by atoms with Gasteiger partial charge in [0, 0.05) is 6.54 Å². The minimum atomic E-state index is -2.92. The molecule has 3 rings (SSSR count). The maximum absolute atomic E-state index is 12.3. The standard InChI is InChI=1S/C16H19N3O3S/c1-12-15(10-18-19(12)14-5-3-2-4-6-14)16(20)17-9-13-7-8-23(21,22)11-13/h2-6,10,13H,7-9,11H2,1H3,(H,17,20)/t13-/m1/s1. The highest BCUT2D eigenvalue weighted by Gasteiger charge is 2.28. The lowest BCUT2D eigenvalue weighted by Crippen LogP contribution is -2.30. The summed E-state index contributed by atoms with van der Waals surface area (Å²) < 4.78 is 24.6. The molecule has 1 aromatic carbocycles. The van der Waals surface area contributed by atoms with E-state index in [4.69, 9.17) is 0 Å². The monoisotopic (exact) mass is 333 g/mol. The number of nitrogens with one attached hydrogen (secondary N) is 1. The Bertz CT molecular complexity index is 812. The molecule has 0 aliphatic carbocycles. The number of carbonyl (C=O) groups excluding carboxylic acids is 1. The molecule has 0 unspecified atom stereocenters. The Kier molecular flexibility index (Phi) is 4.21. The largest absolute Gasteiger partial charge is 0.352 e. The van der Waals surface area contributed by atoms with Gasteiger partial charge < -0.3 is 5.32 Å². The number of para-hydroxylation sites is 1. The van der Waals surface area contributed by atoms with Gasteiger partial charge in [-0.1, -0.05) is 18.2 Å². The predicted molar refractivity (Wildman–Crippen MR) is 87.4 cm³/mol. The molecule has 2 heterocycles. The van der Waals surface area contributed by atoms with Crippen molar-refractivity contribution in [1.82, 2.24) is 15.1 Å². The molecule has 1 atom stereocenters. The van der Waals surface area contributed by atoms with Crippen LogP contribution in [-0.4, -0.2) is 42.2 Å². The van der Waals surface area contributed by atoms with Crippen LogP contribution >= 0.6 is 0 Å². The number of amides is 1. The second-order valence-corrected chi connectivity index (χ2v) is 8.10. The Balaban J connectivity index is 1.68. The fraction of sp³-hybridized carbons (Fsp3) is 0.375. The van der Waals surface area contributed by atoms with Gasteiger partial charge in [-0.25, -0.2) is 13.1 Å². The molecule has 1 fully saturated rings. The number of hydrogen-bond acceptors (Lipinski definition) is 4. The van der Waals surface area contributed by atoms with Crippen LogP contribution in [-0.2, 0) is 9.84 Å². The molecular weight excluding hydrogens is 314 g/mol. The molecule has 0 spiro atoms. The first-order chi connectivity index (χ1) is 11.0. The van der Waals surface area contributed by atoms with Gasteiger partial charge in [0.2, 0.25) is 0 Å². The fourth-order valence-corrected chi connectivity index (χ4v) is 4.69. The zero-order valence-electron chi connectivity index (χ0n) is 12.9. The topological polar surface area (TPSA) is 81.1 Å². The highest BCUT2D eigenvalue weighted by molar-refractivity contribution is 7.91. The fourth-order valence-electron chi connectivity index (χ4n) is 2.83. The molecule has 1 aliphatic heterocycles. The predicted octanol–water partition coefficient (Wildman–Crippen LogP) is 1.35. The van der Waals surface area contributed by atoms with Crippen molar-refractivity contribution >= 4 is 15.7 Å². The van der Waals surface area contributed by atoms with Crippen LogP contribution in [0.25, 0.3) is 5.69 Å². The van der Waals surface area contributed by atoms with Crippen molar-refractivity contribution in [2.45, 2.75) is 13.3 Å². The van der Waals surface area contributed by atoms with E-state index >= 15 is 0 Å². The number of aromatic nitrogens is 2. The van der Waals surface area contributed by atoms with Crippen molar-refractivity contribution < 1.29 is 13.2 Å². The molecule has 6 nitrogen and oxygen atoms in total. The average molecular weight is 333 g/mol. The molecular formula is C16H19N3O3S. The van der Waals surface area contributed by atoms with Crippen molar-refractivity contribution in [3.8, 4) is 5.69 Å². The summed E-state index contributed by atoms with van der Waals surface area (Å²) in [6.07, 6.45) is 2.16. The van der Waals surface area contributed by atoms with Crippen LogP contribution in [0.3, 0.4) is 0 Å². The van der Waals surface area contributed by atoms with Gasteiger partial charge in [-0.15, -0.1) is 0 Å². The Morgan fingerprint density at radius 3 is 2.74 bits per heavy atom. The van der Waals surface area contributed by atoms with Gasteiger partial charge in [-0.2, -0.15) is 5.10 Å². The first kappa shape index (κ1) is 15.7. The lowest BCUT2D eigenvalue weighted by Gasteiger charge is -2.09. The highest BCUT2D eigenvalue weighted by atomic mass is 32.2. The second kappa shape index (κ2) is 6.16. The van der Waals surface area contributed by atoms with Crippen LogP contribution in [0.5, 0.6) is 0 Å². The van der Waals surface area contributed by atoms with E-state index in [1.165, 1.54) is 0 Å². The second-order valence-electron chi connectivity index (χ2n) is 5.87. The van der Waals surface area contributed by atoms with E-state index < -0.39 is 9.84 Å².